The number of nitrogens with zero attached hydrogens (tertiary/aromatic N) is 4. The highest BCUT2D eigenvalue weighted by atomic mass is 32.1. The van der Waals surface area contributed by atoms with Gasteiger partial charge < -0.3 is 5.11 Å². The van der Waals surface area contributed by atoms with E-state index in [-0.39, 0.29) is 22.6 Å². The van der Waals surface area contributed by atoms with E-state index in [9.17, 15) is 9.90 Å². The fourth-order valence-corrected chi connectivity index (χ4v) is 3.07. The second-order valence-corrected chi connectivity index (χ2v) is 6.18. The first-order valence-electron chi connectivity index (χ1n) is 7.46. The van der Waals surface area contributed by atoms with Crippen LogP contribution in [-0.2, 0) is 11.5 Å². The zero-order valence-corrected chi connectivity index (χ0v) is 14.4. The molecule has 0 aliphatic carbocycles. The topological polar surface area (TPSA) is 61.1 Å². The number of thiocarbonyl (C=S) groups is 1. The van der Waals surface area contributed by atoms with Crippen LogP contribution in [0.4, 0.5) is 0 Å². The van der Waals surface area contributed by atoms with Gasteiger partial charge in [-0.2, -0.15) is 0 Å². The molecular weight excluding hydrogens is 324 g/mol. The Kier molecular flexibility index (Phi) is 4.21. The quantitative estimate of drug-likeness (QED) is 0.667. The van der Waals surface area contributed by atoms with E-state index in [0.29, 0.717) is 18.8 Å². The zero-order valence-electron chi connectivity index (χ0n) is 13.6. The summed E-state index contributed by atoms with van der Waals surface area (Å²) < 4.78 is 1.75. The summed E-state index contributed by atoms with van der Waals surface area (Å²) in [4.78, 5) is 20.2. The molecule has 2 heterocycles. The summed E-state index contributed by atoms with van der Waals surface area (Å²) in [6.07, 6.45) is 1.60. The molecule has 0 unspecified atom stereocenters. The average Bonchev–Trinajstić information content (AvgIpc) is 2.96. The van der Waals surface area contributed by atoms with Gasteiger partial charge in [0.25, 0.3) is 5.91 Å². The molecule has 1 aromatic heterocycles. The van der Waals surface area contributed by atoms with E-state index in [1.807, 2.05) is 43.3 Å². The number of benzene rings is 1. The van der Waals surface area contributed by atoms with Crippen molar-refractivity contribution >= 4 is 39.9 Å². The van der Waals surface area contributed by atoms with Crippen molar-refractivity contribution in [2.45, 2.75) is 6.67 Å². The lowest BCUT2D eigenvalue weighted by atomic mass is 10.1. The Morgan fingerprint density at radius 2 is 2.08 bits per heavy atom. The summed E-state index contributed by atoms with van der Waals surface area (Å²) in [7, 11) is 3.82. The second-order valence-electron chi connectivity index (χ2n) is 5.81. The minimum absolute atomic E-state index is 0.0141. The third kappa shape index (κ3) is 2.51. The molecule has 0 atom stereocenters. The summed E-state index contributed by atoms with van der Waals surface area (Å²) in [5.74, 6) is -0.303. The molecule has 3 rings (SSSR count). The Morgan fingerprint density at radius 1 is 1.38 bits per heavy atom. The molecule has 1 aliphatic heterocycles. The van der Waals surface area contributed by atoms with Crippen molar-refractivity contribution in [2.24, 2.45) is 4.99 Å². The monoisotopic (exact) mass is 342 g/mol. The maximum Gasteiger partial charge on any atom is 0.279 e. The minimum atomic E-state index is -0.317. The molecule has 0 fully saturated rings. The second kappa shape index (κ2) is 6.18. The van der Waals surface area contributed by atoms with Gasteiger partial charge in [0.2, 0.25) is 11.0 Å². The highest BCUT2D eigenvalue weighted by Crippen LogP contribution is 2.33. The predicted octanol–water partition coefficient (Wildman–Crippen LogP) is 1.97. The summed E-state index contributed by atoms with van der Waals surface area (Å²) in [5.41, 5.74) is 1.43. The Balaban J connectivity index is 2.19. The first-order valence-corrected chi connectivity index (χ1v) is 7.87. The van der Waals surface area contributed by atoms with Gasteiger partial charge in [0.05, 0.1) is 17.7 Å². The van der Waals surface area contributed by atoms with Crippen LogP contribution >= 0.6 is 12.2 Å². The molecule has 1 N–H and O–H groups in total. The highest BCUT2D eigenvalue weighted by Gasteiger charge is 2.34. The van der Waals surface area contributed by atoms with Crippen LogP contribution in [0.15, 0.2) is 41.9 Å². The van der Waals surface area contributed by atoms with E-state index in [1.54, 1.807) is 10.6 Å². The molecule has 0 saturated carbocycles. The van der Waals surface area contributed by atoms with Crippen molar-refractivity contribution < 1.29 is 9.90 Å². The largest absolute Gasteiger partial charge is 0.494 e. The van der Waals surface area contributed by atoms with Gasteiger partial charge in [-0.05, 0) is 32.4 Å². The third-order valence-corrected chi connectivity index (χ3v) is 4.11. The summed E-state index contributed by atoms with van der Waals surface area (Å²) in [6.45, 7) is 4.41. The summed E-state index contributed by atoms with van der Waals surface area (Å²) in [5, 5.41) is 11.7. The van der Waals surface area contributed by atoms with Crippen molar-refractivity contribution in [3.8, 4) is 5.88 Å². The van der Waals surface area contributed by atoms with Crippen molar-refractivity contribution in [1.82, 2.24) is 14.4 Å². The van der Waals surface area contributed by atoms with E-state index >= 15 is 0 Å². The zero-order chi connectivity index (χ0) is 17.4. The number of amides is 1. The van der Waals surface area contributed by atoms with Crippen molar-refractivity contribution in [1.29, 1.82) is 0 Å². The number of hydrogen-bond donors (Lipinski definition) is 1. The number of aromatic nitrogens is 1. The molecule has 2 aromatic rings. The smallest absolute Gasteiger partial charge is 0.279 e. The van der Waals surface area contributed by atoms with E-state index in [0.717, 1.165) is 10.9 Å². The van der Waals surface area contributed by atoms with E-state index < -0.39 is 0 Å². The van der Waals surface area contributed by atoms with Gasteiger partial charge in [0.1, 0.15) is 5.71 Å². The maximum absolute atomic E-state index is 12.7. The molecule has 1 amide bonds. The Bertz CT molecular complexity index is 882. The first-order chi connectivity index (χ1) is 11.5. The van der Waals surface area contributed by atoms with Crippen LogP contribution in [-0.4, -0.2) is 56.8 Å². The van der Waals surface area contributed by atoms with Gasteiger partial charge in [-0.3, -0.25) is 19.2 Å². The molecule has 0 saturated heterocycles. The number of hydrogen-bond acceptors (Lipinski definition) is 4. The SMILES string of the molecule is C=CCN1C(=O)C(c2c(O)n(CN(C)C)c3ccccc23)=NC1=S. The van der Waals surface area contributed by atoms with Crippen molar-refractivity contribution in [3.63, 3.8) is 0 Å². The molecule has 124 valence electrons. The standard InChI is InChI=1S/C17H18N4O2S/c1-4-9-20-16(23)14(18-17(20)24)13-11-7-5-6-8-12(11)21(15(13)22)10-19(2)3/h4-8,22H,1,9-10H2,2-3H3. The van der Waals surface area contributed by atoms with Crippen LogP contribution in [0.5, 0.6) is 5.88 Å². The molecule has 7 heteroatoms. The fraction of sp³-hybridized carbons (Fsp3) is 0.235. The van der Waals surface area contributed by atoms with E-state index in [4.69, 9.17) is 12.2 Å². The minimum Gasteiger partial charge on any atom is -0.494 e. The molecule has 0 spiro atoms. The van der Waals surface area contributed by atoms with Crippen LogP contribution in [0.3, 0.4) is 0 Å². The number of carbonyl (C=O) groups is 1. The summed E-state index contributed by atoms with van der Waals surface area (Å²) >= 11 is 5.18. The van der Waals surface area contributed by atoms with Gasteiger partial charge in [-0.25, -0.2) is 4.99 Å². The van der Waals surface area contributed by atoms with Crippen LogP contribution < -0.4 is 0 Å². The normalized spacial score (nSPS) is 14.8. The van der Waals surface area contributed by atoms with Crippen LogP contribution in [0.1, 0.15) is 5.56 Å². The van der Waals surface area contributed by atoms with Gasteiger partial charge in [-0.1, -0.05) is 24.3 Å². The lowest BCUT2D eigenvalue weighted by molar-refractivity contribution is -0.119. The number of carbonyl (C=O) groups excluding carboxylic acids is 1. The van der Waals surface area contributed by atoms with E-state index in [1.165, 1.54) is 4.90 Å². The molecule has 0 bridgehead atoms. The molecule has 1 aliphatic rings. The highest BCUT2D eigenvalue weighted by molar-refractivity contribution is 7.80. The molecule has 1 aromatic carbocycles. The number of rotatable bonds is 5. The van der Waals surface area contributed by atoms with Gasteiger partial charge >= 0.3 is 0 Å². The fourth-order valence-electron chi connectivity index (χ4n) is 2.82. The third-order valence-electron chi connectivity index (χ3n) is 3.80. The lowest BCUT2D eigenvalue weighted by Crippen LogP contribution is -2.32. The van der Waals surface area contributed by atoms with Crippen LogP contribution in [0.2, 0.25) is 0 Å². The van der Waals surface area contributed by atoms with Gasteiger partial charge in [0, 0.05) is 11.9 Å². The molecular formula is C17H18N4O2S. The Labute approximate surface area is 145 Å². The van der Waals surface area contributed by atoms with E-state index in [2.05, 4.69) is 11.6 Å². The number of aliphatic imine (C=N–C) groups is 1. The Morgan fingerprint density at radius 3 is 2.75 bits per heavy atom. The van der Waals surface area contributed by atoms with Gasteiger partial charge in [-0.15, -0.1) is 6.58 Å². The summed E-state index contributed by atoms with van der Waals surface area (Å²) in [6, 6.07) is 7.53. The Hall–Kier alpha value is -2.51. The molecule has 0 radical (unpaired) electrons. The lowest BCUT2D eigenvalue weighted by Gasteiger charge is -2.13. The van der Waals surface area contributed by atoms with Crippen LogP contribution in [0, 0.1) is 0 Å². The molecule has 6 nitrogen and oxygen atoms in total. The maximum atomic E-state index is 12.7. The number of fused-ring (bicyclic) bond motifs is 1. The molecule has 24 heavy (non-hydrogen) atoms. The average molecular weight is 342 g/mol. The van der Waals surface area contributed by atoms with Gasteiger partial charge in [0.15, 0.2) is 0 Å². The predicted molar refractivity (Wildman–Crippen MR) is 98.3 cm³/mol. The first kappa shape index (κ1) is 16.4. The number of para-hydroxylation sites is 1. The van der Waals surface area contributed by atoms with Crippen LogP contribution in [0.25, 0.3) is 10.9 Å². The van der Waals surface area contributed by atoms with Crippen molar-refractivity contribution in [2.75, 3.05) is 20.6 Å². The van der Waals surface area contributed by atoms with Crippen molar-refractivity contribution in [3.05, 3.63) is 42.5 Å². The number of aromatic hydroxyl groups is 1.